The SMILES string of the molecule is Cc1ccc2c(oc3ccccc32)c1-c1cc([Si](C)(C)C)c2c(C)cccc2[n+]1C. The fourth-order valence-corrected chi connectivity index (χ4v) is 6.40. The fourth-order valence-electron chi connectivity index (χ4n) is 4.75. The van der Waals surface area contributed by atoms with E-state index in [9.17, 15) is 0 Å². The highest BCUT2D eigenvalue weighted by Gasteiger charge is 2.29. The van der Waals surface area contributed by atoms with Gasteiger partial charge in [-0.25, -0.2) is 0 Å². The highest BCUT2D eigenvalue weighted by Crippen LogP contribution is 2.37. The van der Waals surface area contributed by atoms with E-state index in [4.69, 9.17) is 4.42 Å². The first-order chi connectivity index (χ1) is 14.3. The number of aromatic nitrogens is 1. The summed E-state index contributed by atoms with van der Waals surface area (Å²) in [5.41, 5.74) is 8.25. The Bertz CT molecular complexity index is 1450. The van der Waals surface area contributed by atoms with Gasteiger partial charge in [0.05, 0.1) is 13.6 Å². The number of fused-ring (bicyclic) bond motifs is 4. The number of benzene rings is 3. The number of hydrogen-bond acceptors (Lipinski definition) is 1. The van der Waals surface area contributed by atoms with Crippen molar-refractivity contribution in [3.8, 4) is 11.3 Å². The molecule has 0 atom stereocenters. The maximum Gasteiger partial charge on any atom is 0.216 e. The summed E-state index contributed by atoms with van der Waals surface area (Å²) in [6.45, 7) is 11.7. The molecule has 5 aromatic rings. The summed E-state index contributed by atoms with van der Waals surface area (Å²) in [5.74, 6) is 0. The molecular formula is C27H28NOSi+. The second kappa shape index (κ2) is 6.54. The Hall–Kier alpha value is -2.91. The number of hydrogen-bond donors (Lipinski definition) is 0. The Morgan fingerprint density at radius 2 is 1.57 bits per heavy atom. The molecule has 5 rings (SSSR count). The Labute approximate surface area is 178 Å². The van der Waals surface area contributed by atoms with Crippen molar-refractivity contribution in [2.24, 2.45) is 7.05 Å². The van der Waals surface area contributed by atoms with Crippen LogP contribution in [0.25, 0.3) is 44.1 Å². The molecule has 0 N–H and O–H groups in total. The maximum atomic E-state index is 6.43. The lowest BCUT2D eigenvalue weighted by Crippen LogP contribution is -2.43. The molecule has 3 aromatic carbocycles. The monoisotopic (exact) mass is 410 g/mol. The van der Waals surface area contributed by atoms with Crippen molar-refractivity contribution in [3.63, 3.8) is 0 Å². The van der Waals surface area contributed by atoms with E-state index in [1.165, 1.54) is 49.2 Å². The zero-order chi connectivity index (χ0) is 21.2. The van der Waals surface area contributed by atoms with Gasteiger partial charge in [-0.05, 0) is 36.2 Å². The molecule has 2 aromatic heterocycles. The van der Waals surface area contributed by atoms with Crippen LogP contribution in [0.1, 0.15) is 11.1 Å². The predicted molar refractivity (Wildman–Crippen MR) is 130 cm³/mol. The third-order valence-electron chi connectivity index (χ3n) is 6.34. The van der Waals surface area contributed by atoms with Gasteiger partial charge in [-0.2, -0.15) is 4.57 Å². The molecule has 2 heterocycles. The first-order valence-corrected chi connectivity index (χ1v) is 14.1. The molecule has 0 saturated carbocycles. The van der Waals surface area contributed by atoms with Crippen LogP contribution in [-0.4, -0.2) is 8.07 Å². The number of pyridine rings is 1. The Kier molecular flexibility index (Phi) is 4.16. The van der Waals surface area contributed by atoms with Crippen molar-refractivity contribution in [2.75, 3.05) is 0 Å². The standard InChI is InChI=1S/C27H28NOSi/c1-17-10-9-12-21-25(17)24(30(4,5)6)16-22(28(21)3)26-18(2)14-15-20-19-11-7-8-13-23(19)29-27(20)26/h7-16H,1-6H3/q+1. The van der Waals surface area contributed by atoms with Crippen molar-refractivity contribution >= 4 is 46.1 Å². The molecule has 0 radical (unpaired) electrons. The van der Waals surface area contributed by atoms with E-state index in [2.05, 4.69) is 99.7 Å². The Morgan fingerprint density at radius 1 is 0.800 bits per heavy atom. The van der Waals surface area contributed by atoms with Crippen LogP contribution in [0.4, 0.5) is 0 Å². The summed E-state index contributed by atoms with van der Waals surface area (Å²) in [6.07, 6.45) is 0. The number of para-hydroxylation sites is 1. The van der Waals surface area contributed by atoms with Crippen molar-refractivity contribution < 1.29 is 8.98 Å². The average molecular weight is 411 g/mol. The molecule has 0 aliphatic carbocycles. The highest BCUT2D eigenvalue weighted by molar-refractivity contribution is 6.90. The molecule has 0 spiro atoms. The third kappa shape index (κ3) is 2.72. The van der Waals surface area contributed by atoms with Crippen LogP contribution in [0.2, 0.25) is 19.6 Å². The quantitative estimate of drug-likeness (QED) is 0.243. The van der Waals surface area contributed by atoms with E-state index < -0.39 is 8.07 Å². The Balaban J connectivity index is 1.97. The largest absolute Gasteiger partial charge is 0.455 e. The van der Waals surface area contributed by atoms with E-state index in [1.807, 2.05) is 6.07 Å². The fraction of sp³-hybridized carbons (Fsp3) is 0.222. The van der Waals surface area contributed by atoms with Crippen molar-refractivity contribution in [1.82, 2.24) is 0 Å². The molecule has 0 unspecified atom stereocenters. The molecule has 0 saturated heterocycles. The second-order valence-electron chi connectivity index (χ2n) is 9.45. The van der Waals surface area contributed by atoms with Gasteiger partial charge < -0.3 is 4.42 Å². The van der Waals surface area contributed by atoms with Gasteiger partial charge in [0.15, 0.2) is 0 Å². The number of nitrogens with zero attached hydrogens (tertiary/aromatic N) is 1. The highest BCUT2D eigenvalue weighted by atomic mass is 28.3. The minimum absolute atomic E-state index is 0.948. The van der Waals surface area contributed by atoms with Crippen LogP contribution in [0.3, 0.4) is 0 Å². The lowest BCUT2D eigenvalue weighted by Gasteiger charge is -2.21. The molecule has 0 aliphatic heterocycles. The predicted octanol–water partition coefficient (Wildman–Crippen LogP) is 6.39. The first kappa shape index (κ1) is 19.1. The van der Waals surface area contributed by atoms with Crippen LogP contribution in [0.15, 0.2) is 65.1 Å². The van der Waals surface area contributed by atoms with Crippen LogP contribution >= 0.6 is 0 Å². The van der Waals surface area contributed by atoms with Gasteiger partial charge in [-0.3, -0.25) is 0 Å². The summed E-state index contributed by atoms with van der Waals surface area (Å²) >= 11 is 0. The summed E-state index contributed by atoms with van der Waals surface area (Å²) in [5, 5.41) is 5.29. The Morgan fingerprint density at radius 3 is 2.33 bits per heavy atom. The molecule has 30 heavy (non-hydrogen) atoms. The molecule has 3 heteroatoms. The minimum atomic E-state index is -1.58. The molecule has 2 nitrogen and oxygen atoms in total. The van der Waals surface area contributed by atoms with Gasteiger partial charge in [0.25, 0.3) is 0 Å². The molecule has 0 bridgehead atoms. The van der Waals surface area contributed by atoms with E-state index >= 15 is 0 Å². The molecule has 0 amide bonds. The lowest BCUT2D eigenvalue weighted by atomic mass is 9.99. The summed E-state index contributed by atoms with van der Waals surface area (Å²) < 4.78 is 8.78. The second-order valence-corrected chi connectivity index (χ2v) is 14.5. The van der Waals surface area contributed by atoms with Gasteiger partial charge in [-0.1, -0.05) is 62.1 Å². The molecule has 150 valence electrons. The van der Waals surface area contributed by atoms with Gasteiger partial charge in [-0.15, -0.1) is 0 Å². The molecule has 0 fully saturated rings. The summed E-state index contributed by atoms with van der Waals surface area (Å²) in [6, 6.07) is 21.9. The van der Waals surface area contributed by atoms with E-state index in [1.54, 1.807) is 0 Å². The van der Waals surface area contributed by atoms with Crippen molar-refractivity contribution in [3.05, 3.63) is 71.8 Å². The van der Waals surface area contributed by atoms with Gasteiger partial charge in [0, 0.05) is 28.3 Å². The van der Waals surface area contributed by atoms with Gasteiger partial charge in [0.1, 0.15) is 18.2 Å². The van der Waals surface area contributed by atoms with Gasteiger partial charge in [0.2, 0.25) is 11.2 Å². The van der Waals surface area contributed by atoms with Crippen molar-refractivity contribution in [2.45, 2.75) is 33.5 Å². The molecule has 0 aliphatic rings. The first-order valence-electron chi connectivity index (χ1n) is 10.6. The molecular weight excluding hydrogens is 382 g/mol. The third-order valence-corrected chi connectivity index (χ3v) is 8.35. The van der Waals surface area contributed by atoms with Crippen molar-refractivity contribution in [1.29, 1.82) is 0 Å². The zero-order valence-electron chi connectivity index (χ0n) is 18.6. The van der Waals surface area contributed by atoms with E-state index in [0.717, 1.165) is 11.2 Å². The van der Waals surface area contributed by atoms with Crippen LogP contribution in [0.5, 0.6) is 0 Å². The van der Waals surface area contributed by atoms with E-state index in [0.29, 0.717) is 0 Å². The number of furan rings is 1. The smallest absolute Gasteiger partial charge is 0.216 e. The number of rotatable bonds is 2. The number of aryl methyl sites for hydroxylation is 3. The maximum absolute atomic E-state index is 6.43. The lowest BCUT2D eigenvalue weighted by molar-refractivity contribution is -0.633. The van der Waals surface area contributed by atoms with Gasteiger partial charge >= 0.3 is 0 Å². The van der Waals surface area contributed by atoms with Crippen LogP contribution < -0.4 is 9.75 Å². The van der Waals surface area contributed by atoms with Crippen LogP contribution in [-0.2, 0) is 7.05 Å². The van der Waals surface area contributed by atoms with Crippen LogP contribution in [0, 0.1) is 13.8 Å². The zero-order valence-corrected chi connectivity index (χ0v) is 19.6. The average Bonchev–Trinajstić information content (AvgIpc) is 3.07. The van der Waals surface area contributed by atoms with E-state index in [-0.39, 0.29) is 0 Å². The topological polar surface area (TPSA) is 17.0 Å². The summed E-state index contributed by atoms with van der Waals surface area (Å²) in [7, 11) is 0.610. The minimum Gasteiger partial charge on any atom is -0.455 e. The normalized spacial score (nSPS) is 12.3. The summed E-state index contributed by atoms with van der Waals surface area (Å²) in [4.78, 5) is 0.